The molecule has 0 aromatic rings. The number of nitrogens with zero attached hydrogens (tertiary/aromatic N) is 3. The molecule has 0 aromatic carbocycles. The van der Waals surface area contributed by atoms with Gasteiger partial charge in [-0.05, 0) is 25.4 Å². The van der Waals surface area contributed by atoms with Gasteiger partial charge in [-0.2, -0.15) is 0 Å². The molecule has 1 atom stereocenters. The summed E-state index contributed by atoms with van der Waals surface area (Å²) in [6.07, 6.45) is 1.17. The van der Waals surface area contributed by atoms with Crippen molar-refractivity contribution in [2.45, 2.75) is 40.2 Å². The Morgan fingerprint density at radius 3 is 2.29 bits per heavy atom. The zero-order valence-electron chi connectivity index (χ0n) is 14.0. The van der Waals surface area contributed by atoms with E-state index in [0.29, 0.717) is 17.9 Å². The molecule has 0 spiro atoms. The van der Waals surface area contributed by atoms with Crippen molar-refractivity contribution in [3.05, 3.63) is 0 Å². The molecule has 0 radical (unpaired) electrons. The molecular formula is C15H33IN4O. The molecule has 21 heavy (non-hydrogen) atoms. The molecular weight excluding hydrogens is 379 g/mol. The highest BCUT2D eigenvalue weighted by Gasteiger charge is 2.18. The lowest BCUT2D eigenvalue weighted by molar-refractivity contribution is 0.0673. The third-order valence-corrected chi connectivity index (χ3v) is 3.87. The molecule has 0 bridgehead atoms. The Labute approximate surface area is 147 Å². The summed E-state index contributed by atoms with van der Waals surface area (Å²) < 4.78 is 5.34. The molecule has 1 aliphatic rings. The molecule has 1 heterocycles. The summed E-state index contributed by atoms with van der Waals surface area (Å²) in [5.74, 6) is 1.36. The van der Waals surface area contributed by atoms with Crippen molar-refractivity contribution in [3.63, 3.8) is 0 Å². The Morgan fingerprint density at radius 2 is 1.81 bits per heavy atom. The molecule has 0 aliphatic carbocycles. The first kappa shape index (κ1) is 20.9. The second-order valence-electron chi connectivity index (χ2n) is 5.80. The highest BCUT2D eigenvalue weighted by molar-refractivity contribution is 14.0. The van der Waals surface area contributed by atoms with Crippen molar-refractivity contribution >= 4 is 29.9 Å². The number of hydrogen-bond acceptors (Lipinski definition) is 3. The van der Waals surface area contributed by atoms with Crippen LogP contribution in [0.5, 0.6) is 0 Å². The van der Waals surface area contributed by atoms with Crippen LogP contribution in [0.1, 0.15) is 34.1 Å². The van der Waals surface area contributed by atoms with E-state index in [1.54, 1.807) is 0 Å². The second-order valence-corrected chi connectivity index (χ2v) is 5.80. The fourth-order valence-corrected chi connectivity index (χ4v) is 2.71. The number of rotatable bonds is 7. The predicted octanol–water partition coefficient (Wildman–Crippen LogP) is 2.01. The molecule has 0 amide bonds. The van der Waals surface area contributed by atoms with Crippen molar-refractivity contribution < 1.29 is 4.74 Å². The highest BCUT2D eigenvalue weighted by Crippen LogP contribution is 2.12. The number of likely N-dealkylation sites (N-methyl/N-ethyl adjacent to an activating group) is 1. The lowest BCUT2D eigenvalue weighted by Crippen LogP contribution is -2.46. The Hall–Kier alpha value is -0.0800. The molecule has 6 heteroatoms. The number of ether oxygens (including phenoxy) is 1. The average Bonchev–Trinajstić information content (AvgIpc) is 2.45. The highest BCUT2D eigenvalue weighted by atomic mass is 127. The van der Waals surface area contributed by atoms with Crippen LogP contribution in [0.25, 0.3) is 0 Å². The molecule has 0 aromatic heterocycles. The van der Waals surface area contributed by atoms with Crippen LogP contribution in [0.4, 0.5) is 0 Å². The maximum atomic E-state index is 6.11. The van der Waals surface area contributed by atoms with E-state index in [4.69, 9.17) is 10.5 Å². The molecule has 0 saturated carbocycles. The summed E-state index contributed by atoms with van der Waals surface area (Å²) in [7, 11) is 0. The van der Waals surface area contributed by atoms with Gasteiger partial charge in [-0.3, -0.25) is 9.89 Å². The van der Waals surface area contributed by atoms with Crippen molar-refractivity contribution in [2.75, 3.05) is 45.9 Å². The number of halogens is 1. The third kappa shape index (κ3) is 7.65. The zero-order valence-corrected chi connectivity index (χ0v) is 16.4. The SMILES string of the molecule is CCN(CC)C(CN=C(N)N1CCOCC1)CC(C)C.I. The number of hydrogen-bond donors (Lipinski definition) is 1. The number of guanidine groups is 1. The fraction of sp³-hybridized carbons (Fsp3) is 0.933. The Bertz CT molecular complexity index is 289. The number of nitrogens with two attached hydrogens (primary N) is 1. The summed E-state index contributed by atoms with van der Waals surface area (Å²) in [5.41, 5.74) is 6.11. The summed E-state index contributed by atoms with van der Waals surface area (Å²) in [4.78, 5) is 9.25. The van der Waals surface area contributed by atoms with Gasteiger partial charge in [0.05, 0.1) is 19.8 Å². The van der Waals surface area contributed by atoms with E-state index in [-0.39, 0.29) is 24.0 Å². The normalized spacial score (nSPS) is 18.0. The van der Waals surface area contributed by atoms with Crippen molar-refractivity contribution in [3.8, 4) is 0 Å². The third-order valence-electron chi connectivity index (χ3n) is 3.87. The van der Waals surface area contributed by atoms with E-state index in [1.165, 1.54) is 6.42 Å². The largest absolute Gasteiger partial charge is 0.378 e. The fourth-order valence-electron chi connectivity index (χ4n) is 2.71. The Balaban J connectivity index is 0.00000400. The topological polar surface area (TPSA) is 54.1 Å². The first-order valence-electron chi connectivity index (χ1n) is 7.95. The average molecular weight is 412 g/mol. The first-order valence-corrected chi connectivity index (χ1v) is 7.95. The minimum atomic E-state index is 0. The minimum Gasteiger partial charge on any atom is -0.378 e. The summed E-state index contributed by atoms with van der Waals surface area (Å²) in [6.45, 7) is 15.1. The lowest BCUT2D eigenvalue weighted by atomic mass is 10.0. The first-order chi connectivity index (χ1) is 9.58. The van der Waals surface area contributed by atoms with Gasteiger partial charge >= 0.3 is 0 Å². The Morgan fingerprint density at radius 1 is 1.24 bits per heavy atom. The molecule has 1 unspecified atom stereocenters. The number of aliphatic imine (C=N–C) groups is 1. The molecule has 2 N–H and O–H groups in total. The van der Waals surface area contributed by atoms with E-state index >= 15 is 0 Å². The minimum absolute atomic E-state index is 0. The van der Waals surface area contributed by atoms with Crippen LogP contribution in [-0.4, -0.2) is 67.7 Å². The standard InChI is InChI=1S/C15H32N4O.HI/c1-5-18(6-2)14(11-13(3)4)12-17-15(16)19-7-9-20-10-8-19;/h13-14H,5-12H2,1-4H3,(H2,16,17);1H. The molecule has 1 rings (SSSR count). The molecule has 5 nitrogen and oxygen atoms in total. The van der Waals surface area contributed by atoms with Gasteiger partial charge in [0.25, 0.3) is 0 Å². The van der Waals surface area contributed by atoms with E-state index < -0.39 is 0 Å². The molecule has 1 aliphatic heterocycles. The van der Waals surface area contributed by atoms with Gasteiger partial charge in [-0.1, -0.05) is 27.7 Å². The van der Waals surface area contributed by atoms with Crippen LogP contribution >= 0.6 is 24.0 Å². The van der Waals surface area contributed by atoms with Gasteiger partial charge in [-0.15, -0.1) is 24.0 Å². The van der Waals surface area contributed by atoms with Gasteiger partial charge in [0, 0.05) is 19.1 Å². The maximum Gasteiger partial charge on any atom is 0.191 e. The molecule has 1 fully saturated rings. The van der Waals surface area contributed by atoms with Crippen LogP contribution in [0.2, 0.25) is 0 Å². The van der Waals surface area contributed by atoms with E-state index in [2.05, 4.69) is 42.5 Å². The zero-order chi connectivity index (χ0) is 15.0. The van der Waals surface area contributed by atoms with Crippen LogP contribution in [0, 0.1) is 5.92 Å². The van der Waals surface area contributed by atoms with Crippen molar-refractivity contribution in [1.29, 1.82) is 0 Å². The van der Waals surface area contributed by atoms with Gasteiger partial charge in [0.1, 0.15) is 0 Å². The Kier molecular flexibility index (Phi) is 11.4. The maximum absolute atomic E-state index is 6.11. The van der Waals surface area contributed by atoms with E-state index in [0.717, 1.165) is 45.9 Å². The lowest BCUT2D eigenvalue weighted by Gasteiger charge is -2.31. The van der Waals surface area contributed by atoms with Gasteiger partial charge in [0.15, 0.2) is 5.96 Å². The summed E-state index contributed by atoms with van der Waals surface area (Å²) >= 11 is 0. The van der Waals surface area contributed by atoms with E-state index in [9.17, 15) is 0 Å². The summed E-state index contributed by atoms with van der Waals surface area (Å²) in [6, 6.07) is 0.490. The second kappa shape index (κ2) is 11.5. The van der Waals surface area contributed by atoms with Crippen molar-refractivity contribution in [2.24, 2.45) is 16.6 Å². The van der Waals surface area contributed by atoms with Crippen LogP contribution in [-0.2, 0) is 4.74 Å². The predicted molar refractivity (Wildman–Crippen MR) is 100 cm³/mol. The summed E-state index contributed by atoms with van der Waals surface area (Å²) in [5, 5.41) is 0. The monoisotopic (exact) mass is 412 g/mol. The molecule has 1 saturated heterocycles. The van der Waals surface area contributed by atoms with Crippen molar-refractivity contribution in [1.82, 2.24) is 9.80 Å². The van der Waals surface area contributed by atoms with Crippen LogP contribution < -0.4 is 5.73 Å². The number of morpholine rings is 1. The quantitative estimate of drug-likeness (QED) is 0.395. The molecule has 126 valence electrons. The van der Waals surface area contributed by atoms with Gasteiger partial charge in [-0.25, -0.2) is 0 Å². The van der Waals surface area contributed by atoms with Crippen LogP contribution in [0.3, 0.4) is 0 Å². The van der Waals surface area contributed by atoms with Gasteiger partial charge < -0.3 is 15.4 Å². The van der Waals surface area contributed by atoms with Gasteiger partial charge in [0.2, 0.25) is 0 Å². The van der Waals surface area contributed by atoms with Crippen LogP contribution in [0.15, 0.2) is 4.99 Å². The van der Waals surface area contributed by atoms with E-state index in [1.807, 2.05) is 0 Å². The smallest absolute Gasteiger partial charge is 0.191 e.